The minimum absolute atomic E-state index is 0.0340. The molecule has 1 heterocycles. The topological polar surface area (TPSA) is 72.3 Å². The highest BCUT2D eigenvalue weighted by atomic mass is 32.2. The fraction of sp³-hybridized carbons (Fsp3) is 0.444. The van der Waals surface area contributed by atoms with Gasteiger partial charge in [-0.1, -0.05) is 18.2 Å². The minimum atomic E-state index is -3.44. The number of hydrogen-bond donors (Lipinski definition) is 0. The molecule has 25 heavy (non-hydrogen) atoms. The fourth-order valence-electron chi connectivity index (χ4n) is 2.75. The van der Waals surface area contributed by atoms with E-state index >= 15 is 0 Å². The predicted octanol–water partition coefficient (Wildman–Crippen LogP) is 2.34. The Hall–Kier alpha value is -2.15. The average molecular weight is 363 g/mol. The summed E-state index contributed by atoms with van der Waals surface area (Å²) in [5.74, 6) is -0.380. The number of benzene rings is 1. The molecule has 6 nitrogen and oxygen atoms in total. The summed E-state index contributed by atoms with van der Waals surface area (Å²) in [5, 5.41) is 4.45. The quantitative estimate of drug-likeness (QED) is 0.757. The Morgan fingerprint density at radius 2 is 1.84 bits per heavy atom. The third-order valence-electron chi connectivity index (χ3n) is 4.34. The smallest absolute Gasteiger partial charge is 0.223 e. The second-order valence-corrected chi connectivity index (χ2v) is 8.21. The van der Waals surface area contributed by atoms with Gasteiger partial charge in [-0.3, -0.25) is 9.48 Å². The number of hydrogen-bond acceptors (Lipinski definition) is 4. The summed E-state index contributed by atoms with van der Waals surface area (Å²) in [5.41, 5.74) is 2.95. The van der Waals surface area contributed by atoms with Gasteiger partial charge in [-0.2, -0.15) is 5.10 Å². The van der Waals surface area contributed by atoms with Gasteiger partial charge in [0.2, 0.25) is 5.91 Å². The number of aryl methyl sites for hydroxylation is 2. The summed E-state index contributed by atoms with van der Waals surface area (Å²) in [6.45, 7) is 7.14. The first-order chi connectivity index (χ1) is 11.8. The van der Waals surface area contributed by atoms with E-state index in [0.29, 0.717) is 6.54 Å². The van der Waals surface area contributed by atoms with E-state index in [9.17, 15) is 13.2 Å². The number of carbonyl (C=O) groups is 1. The second-order valence-electron chi connectivity index (χ2n) is 6.10. The molecule has 7 heteroatoms. The molecule has 0 N–H and O–H groups in total. The largest absolute Gasteiger partial charge is 0.341 e. The molecule has 0 saturated carbocycles. The first kappa shape index (κ1) is 19.2. The SMILES string of the molecule is CCn1nc(C)c(CN(C)C(=O)CCS(=O)(=O)c2ccccc2)c1C. The molecule has 0 aliphatic heterocycles. The Kier molecular flexibility index (Phi) is 6.00. The molecule has 0 fully saturated rings. The lowest BCUT2D eigenvalue weighted by atomic mass is 10.2. The molecule has 0 radical (unpaired) electrons. The van der Waals surface area contributed by atoms with Gasteiger partial charge in [-0.15, -0.1) is 0 Å². The number of amides is 1. The van der Waals surface area contributed by atoms with Crippen LogP contribution < -0.4 is 0 Å². The third kappa shape index (κ3) is 4.48. The van der Waals surface area contributed by atoms with Crippen molar-refractivity contribution >= 4 is 15.7 Å². The van der Waals surface area contributed by atoms with Crippen LogP contribution >= 0.6 is 0 Å². The fourth-order valence-corrected chi connectivity index (χ4v) is 4.01. The molecule has 0 unspecified atom stereocenters. The van der Waals surface area contributed by atoms with Gasteiger partial charge in [0, 0.05) is 37.8 Å². The summed E-state index contributed by atoms with van der Waals surface area (Å²) in [4.78, 5) is 14.2. The standard InChI is InChI=1S/C18H25N3O3S/c1-5-21-15(3)17(14(2)19-21)13-20(4)18(22)11-12-25(23,24)16-9-7-6-8-10-16/h6-10H,5,11-13H2,1-4H3. The highest BCUT2D eigenvalue weighted by Gasteiger charge is 2.20. The lowest BCUT2D eigenvalue weighted by molar-refractivity contribution is -0.130. The molecule has 2 aromatic rings. The first-order valence-electron chi connectivity index (χ1n) is 8.31. The van der Waals surface area contributed by atoms with E-state index in [-0.39, 0.29) is 23.0 Å². The molecule has 2 rings (SSSR count). The maximum Gasteiger partial charge on any atom is 0.223 e. The van der Waals surface area contributed by atoms with Crippen molar-refractivity contribution in [3.05, 3.63) is 47.3 Å². The molecular weight excluding hydrogens is 338 g/mol. The number of sulfone groups is 1. The Balaban J connectivity index is 2.01. The first-order valence-corrected chi connectivity index (χ1v) is 9.96. The van der Waals surface area contributed by atoms with Crippen LogP contribution in [0.5, 0.6) is 0 Å². The molecule has 0 aliphatic rings. The van der Waals surface area contributed by atoms with Crippen LogP contribution in [0.4, 0.5) is 0 Å². The van der Waals surface area contributed by atoms with E-state index < -0.39 is 9.84 Å². The maximum absolute atomic E-state index is 12.4. The van der Waals surface area contributed by atoms with Gasteiger partial charge in [0.05, 0.1) is 16.3 Å². The molecule has 0 spiro atoms. The van der Waals surface area contributed by atoms with Crippen LogP contribution in [0.2, 0.25) is 0 Å². The van der Waals surface area contributed by atoms with Crippen LogP contribution in [0, 0.1) is 13.8 Å². The Labute approximate surface area is 149 Å². The van der Waals surface area contributed by atoms with Crippen LogP contribution in [-0.2, 0) is 27.7 Å². The van der Waals surface area contributed by atoms with Gasteiger partial charge in [0.1, 0.15) is 0 Å². The van der Waals surface area contributed by atoms with Crippen LogP contribution in [0.25, 0.3) is 0 Å². The Morgan fingerprint density at radius 3 is 2.40 bits per heavy atom. The maximum atomic E-state index is 12.4. The Bertz CT molecular complexity index is 842. The molecule has 0 bridgehead atoms. The van der Waals surface area contributed by atoms with Crippen molar-refractivity contribution in [1.29, 1.82) is 0 Å². The minimum Gasteiger partial charge on any atom is -0.341 e. The van der Waals surface area contributed by atoms with E-state index in [1.165, 1.54) is 0 Å². The van der Waals surface area contributed by atoms with Crippen molar-refractivity contribution in [2.45, 2.75) is 45.2 Å². The van der Waals surface area contributed by atoms with Gasteiger partial charge in [-0.05, 0) is 32.9 Å². The molecule has 0 atom stereocenters. The summed E-state index contributed by atoms with van der Waals surface area (Å²) < 4.78 is 26.5. The van der Waals surface area contributed by atoms with E-state index in [0.717, 1.165) is 23.5 Å². The monoisotopic (exact) mass is 363 g/mol. The summed E-state index contributed by atoms with van der Waals surface area (Å²) >= 11 is 0. The van der Waals surface area contributed by atoms with Crippen LogP contribution in [-0.4, -0.2) is 41.8 Å². The predicted molar refractivity (Wildman–Crippen MR) is 97.0 cm³/mol. The molecule has 1 amide bonds. The summed E-state index contributed by atoms with van der Waals surface area (Å²) in [6, 6.07) is 8.22. The van der Waals surface area contributed by atoms with Crippen molar-refractivity contribution < 1.29 is 13.2 Å². The average Bonchev–Trinajstić information content (AvgIpc) is 2.87. The molecule has 1 aromatic carbocycles. The van der Waals surface area contributed by atoms with Crippen LogP contribution in [0.15, 0.2) is 35.2 Å². The lowest BCUT2D eigenvalue weighted by Crippen LogP contribution is -2.28. The zero-order valence-corrected chi connectivity index (χ0v) is 16.0. The molecule has 0 saturated heterocycles. The molecule has 0 aliphatic carbocycles. The number of carbonyl (C=O) groups excluding carboxylic acids is 1. The van der Waals surface area contributed by atoms with Gasteiger partial charge in [0.15, 0.2) is 9.84 Å². The molecular formula is C18H25N3O3S. The summed E-state index contributed by atoms with van der Waals surface area (Å²) in [7, 11) is -1.75. The Morgan fingerprint density at radius 1 is 1.20 bits per heavy atom. The van der Waals surface area contributed by atoms with Crippen LogP contribution in [0.3, 0.4) is 0 Å². The number of nitrogens with zero attached hydrogens (tertiary/aromatic N) is 3. The van der Waals surface area contributed by atoms with Gasteiger partial charge in [-0.25, -0.2) is 8.42 Å². The van der Waals surface area contributed by atoms with Crippen LogP contribution in [0.1, 0.15) is 30.3 Å². The van der Waals surface area contributed by atoms with Gasteiger partial charge < -0.3 is 4.90 Å². The third-order valence-corrected chi connectivity index (χ3v) is 6.07. The highest BCUT2D eigenvalue weighted by molar-refractivity contribution is 7.91. The number of aromatic nitrogens is 2. The van der Waals surface area contributed by atoms with Crippen molar-refractivity contribution in [2.24, 2.45) is 0 Å². The zero-order chi connectivity index (χ0) is 18.6. The number of rotatable bonds is 7. The summed E-state index contributed by atoms with van der Waals surface area (Å²) in [6.07, 6.45) is -0.0340. The van der Waals surface area contributed by atoms with Crippen molar-refractivity contribution in [3.8, 4) is 0 Å². The van der Waals surface area contributed by atoms with Crippen molar-refractivity contribution in [2.75, 3.05) is 12.8 Å². The normalized spacial score (nSPS) is 11.5. The molecule has 136 valence electrons. The molecule has 1 aromatic heterocycles. The van der Waals surface area contributed by atoms with E-state index in [1.54, 1.807) is 42.3 Å². The highest BCUT2D eigenvalue weighted by Crippen LogP contribution is 2.16. The van der Waals surface area contributed by atoms with Gasteiger partial charge >= 0.3 is 0 Å². The lowest BCUT2D eigenvalue weighted by Gasteiger charge is -2.17. The van der Waals surface area contributed by atoms with E-state index in [2.05, 4.69) is 5.10 Å². The second kappa shape index (κ2) is 7.82. The zero-order valence-electron chi connectivity index (χ0n) is 15.2. The van der Waals surface area contributed by atoms with E-state index in [4.69, 9.17) is 0 Å². The van der Waals surface area contributed by atoms with Crippen molar-refractivity contribution in [1.82, 2.24) is 14.7 Å². The van der Waals surface area contributed by atoms with Crippen molar-refractivity contribution in [3.63, 3.8) is 0 Å². The van der Waals surface area contributed by atoms with E-state index in [1.807, 2.05) is 25.5 Å². The van der Waals surface area contributed by atoms with Gasteiger partial charge in [0.25, 0.3) is 0 Å².